The van der Waals surface area contributed by atoms with E-state index in [0.29, 0.717) is 29.5 Å². The van der Waals surface area contributed by atoms with Crippen molar-refractivity contribution in [3.05, 3.63) is 65.2 Å². The zero-order valence-corrected chi connectivity index (χ0v) is 23.2. The molecule has 3 heterocycles. The molecule has 0 atom stereocenters. The van der Waals surface area contributed by atoms with Gasteiger partial charge in [-0.25, -0.2) is 0 Å². The molecule has 0 unspecified atom stereocenters. The first-order chi connectivity index (χ1) is 19.7. The van der Waals surface area contributed by atoms with E-state index in [9.17, 15) is 5.26 Å². The molecule has 2 aromatic carbocycles. The highest BCUT2D eigenvalue weighted by atomic mass is 16.5. The van der Waals surface area contributed by atoms with E-state index in [4.69, 9.17) is 19.4 Å². The number of nitrogens with one attached hydrogen (secondary N) is 1. The molecule has 0 bridgehead atoms. The van der Waals surface area contributed by atoms with Crippen LogP contribution in [0.1, 0.15) is 62.1 Å². The number of aromatic nitrogens is 2. The second kappa shape index (κ2) is 13.7. The van der Waals surface area contributed by atoms with Crippen molar-refractivity contribution in [1.29, 1.82) is 5.26 Å². The SMILES string of the molecule is CCOc1cc(/C=N\Nc2cc(N3CCCCC3)nc(N3CCCCC3)n2)ccc1OCc1ccccc1C#N. The number of hydrogen-bond acceptors (Lipinski definition) is 9. The van der Waals surface area contributed by atoms with Crippen molar-refractivity contribution in [1.82, 2.24) is 9.97 Å². The summed E-state index contributed by atoms with van der Waals surface area (Å²) in [5.74, 6) is 3.67. The number of rotatable bonds is 10. The maximum atomic E-state index is 9.36. The highest BCUT2D eigenvalue weighted by Gasteiger charge is 2.19. The Morgan fingerprint density at radius 3 is 2.40 bits per heavy atom. The van der Waals surface area contributed by atoms with Crippen molar-refractivity contribution < 1.29 is 9.47 Å². The van der Waals surface area contributed by atoms with E-state index in [-0.39, 0.29) is 6.61 Å². The van der Waals surface area contributed by atoms with Crippen molar-refractivity contribution in [3.63, 3.8) is 0 Å². The molecule has 1 aromatic heterocycles. The van der Waals surface area contributed by atoms with Crippen molar-refractivity contribution in [2.75, 3.05) is 48.0 Å². The summed E-state index contributed by atoms with van der Waals surface area (Å²) in [4.78, 5) is 14.4. The van der Waals surface area contributed by atoms with E-state index < -0.39 is 0 Å². The average molecular weight is 540 g/mol. The van der Waals surface area contributed by atoms with Crippen LogP contribution in [0.5, 0.6) is 11.5 Å². The van der Waals surface area contributed by atoms with Gasteiger partial charge in [-0.05, 0) is 75.3 Å². The van der Waals surface area contributed by atoms with E-state index in [2.05, 4.69) is 26.4 Å². The second-order valence-corrected chi connectivity index (χ2v) is 10.1. The summed E-state index contributed by atoms with van der Waals surface area (Å²) in [6.45, 7) is 6.75. The van der Waals surface area contributed by atoms with E-state index in [0.717, 1.165) is 49.1 Å². The van der Waals surface area contributed by atoms with Crippen LogP contribution in [0.15, 0.2) is 53.6 Å². The van der Waals surface area contributed by atoms with E-state index in [1.165, 1.54) is 38.5 Å². The van der Waals surface area contributed by atoms with Crippen molar-refractivity contribution in [2.24, 2.45) is 5.10 Å². The van der Waals surface area contributed by atoms with Crippen LogP contribution in [-0.2, 0) is 6.61 Å². The maximum absolute atomic E-state index is 9.36. The van der Waals surface area contributed by atoms with Gasteiger partial charge in [0.1, 0.15) is 12.4 Å². The van der Waals surface area contributed by atoms with Crippen molar-refractivity contribution >= 4 is 23.8 Å². The number of nitriles is 1. The fourth-order valence-electron chi connectivity index (χ4n) is 5.08. The molecule has 9 heteroatoms. The van der Waals surface area contributed by atoms with Crippen LogP contribution in [0.25, 0.3) is 0 Å². The van der Waals surface area contributed by atoms with Crippen LogP contribution in [0.4, 0.5) is 17.6 Å². The summed E-state index contributed by atoms with van der Waals surface area (Å²) in [6.07, 6.45) is 9.01. The third-order valence-corrected chi connectivity index (χ3v) is 7.20. The molecule has 2 saturated heterocycles. The first-order valence-electron chi connectivity index (χ1n) is 14.3. The Bertz CT molecular complexity index is 1310. The number of ether oxygens (including phenoxy) is 2. The summed E-state index contributed by atoms with van der Waals surface area (Å²) in [5.41, 5.74) is 5.44. The van der Waals surface area contributed by atoms with Crippen LogP contribution >= 0.6 is 0 Å². The number of benzene rings is 2. The lowest BCUT2D eigenvalue weighted by molar-refractivity contribution is 0.269. The molecule has 9 nitrogen and oxygen atoms in total. The molecule has 0 saturated carbocycles. The molecule has 2 aliphatic rings. The van der Waals surface area contributed by atoms with Crippen LogP contribution < -0.4 is 24.7 Å². The van der Waals surface area contributed by atoms with Crippen LogP contribution in [0.2, 0.25) is 0 Å². The fourth-order valence-corrected chi connectivity index (χ4v) is 5.08. The topological polar surface area (TPSA) is 98.9 Å². The molecule has 0 aliphatic carbocycles. The molecule has 1 N–H and O–H groups in total. The average Bonchev–Trinajstić information content (AvgIpc) is 3.01. The van der Waals surface area contributed by atoms with Gasteiger partial charge in [-0.2, -0.15) is 20.3 Å². The Morgan fingerprint density at radius 1 is 0.900 bits per heavy atom. The highest BCUT2D eigenvalue weighted by Crippen LogP contribution is 2.30. The van der Waals surface area contributed by atoms with E-state index in [1.807, 2.05) is 49.4 Å². The van der Waals surface area contributed by atoms with E-state index >= 15 is 0 Å². The highest BCUT2D eigenvalue weighted by molar-refractivity contribution is 5.81. The lowest BCUT2D eigenvalue weighted by Crippen LogP contribution is -2.33. The third-order valence-electron chi connectivity index (χ3n) is 7.20. The number of hydrazone groups is 1. The first kappa shape index (κ1) is 27.3. The van der Waals surface area contributed by atoms with Gasteiger partial charge in [0.15, 0.2) is 17.3 Å². The lowest BCUT2D eigenvalue weighted by Gasteiger charge is -2.31. The molecule has 208 valence electrons. The molecular weight excluding hydrogens is 502 g/mol. The zero-order valence-electron chi connectivity index (χ0n) is 23.2. The monoisotopic (exact) mass is 539 g/mol. The van der Waals surface area contributed by atoms with Gasteiger partial charge in [0, 0.05) is 37.8 Å². The molecule has 0 amide bonds. The quantitative estimate of drug-likeness (QED) is 0.257. The van der Waals surface area contributed by atoms with Crippen LogP contribution in [-0.4, -0.2) is 49.0 Å². The Morgan fingerprint density at radius 2 is 1.65 bits per heavy atom. The molecule has 3 aromatic rings. The fraction of sp³-hybridized carbons (Fsp3) is 0.419. The number of piperidine rings is 2. The Kier molecular flexibility index (Phi) is 9.30. The minimum Gasteiger partial charge on any atom is -0.490 e. The minimum absolute atomic E-state index is 0.283. The van der Waals surface area contributed by atoms with Gasteiger partial charge in [-0.1, -0.05) is 18.2 Å². The molecular formula is C31H37N7O2. The summed E-state index contributed by atoms with van der Waals surface area (Å²) in [6, 6.07) is 17.3. The first-order valence-corrected chi connectivity index (χ1v) is 14.3. The van der Waals surface area contributed by atoms with Gasteiger partial charge in [0.05, 0.1) is 24.5 Å². The molecule has 40 heavy (non-hydrogen) atoms. The Labute approximate surface area is 236 Å². The van der Waals surface area contributed by atoms with Gasteiger partial charge in [0.2, 0.25) is 5.95 Å². The third kappa shape index (κ3) is 7.00. The van der Waals surface area contributed by atoms with Gasteiger partial charge >= 0.3 is 0 Å². The van der Waals surface area contributed by atoms with Crippen molar-refractivity contribution in [3.8, 4) is 17.6 Å². The van der Waals surface area contributed by atoms with Gasteiger partial charge < -0.3 is 19.3 Å². The largest absolute Gasteiger partial charge is 0.490 e. The zero-order chi connectivity index (χ0) is 27.6. The summed E-state index contributed by atoms with van der Waals surface area (Å²) in [5, 5.41) is 13.9. The summed E-state index contributed by atoms with van der Waals surface area (Å²) in [7, 11) is 0. The van der Waals surface area contributed by atoms with Crippen molar-refractivity contribution in [2.45, 2.75) is 52.1 Å². The second-order valence-electron chi connectivity index (χ2n) is 10.1. The smallest absolute Gasteiger partial charge is 0.229 e. The number of anilines is 3. The molecule has 0 radical (unpaired) electrons. The molecule has 0 spiro atoms. The predicted octanol–water partition coefficient (Wildman–Crippen LogP) is 5.75. The van der Waals surface area contributed by atoms with Crippen LogP contribution in [0, 0.1) is 11.3 Å². The summed E-state index contributed by atoms with van der Waals surface area (Å²) < 4.78 is 11.9. The molecule has 5 rings (SSSR count). The number of hydrogen-bond donors (Lipinski definition) is 1. The van der Waals surface area contributed by atoms with Gasteiger partial charge in [-0.15, -0.1) is 0 Å². The minimum atomic E-state index is 0.283. The Balaban J connectivity index is 1.30. The maximum Gasteiger partial charge on any atom is 0.229 e. The van der Waals surface area contributed by atoms with Gasteiger partial charge in [0.25, 0.3) is 0 Å². The van der Waals surface area contributed by atoms with E-state index in [1.54, 1.807) is 12.3 Å². The lowest BCUT2D eigenvalue weighted by atomic mass is 10.1. The predicted molar refractivity (Wildman–Crippen MR) is 158 cm³/mol. The standard InChI is InChI=1S/C31H37N7O2/c1-2-39-28-19-24(13-14-27(28)40-23-26-12-6-5-11-25(26)21-32)22-33-36-29-20-30(37-15-7-3-8-16-37)35-31(34-29)38-17-9-4-10-18-38/h5-6,11-14,19-20,22H,2-4,7-10,15-18,23H2,1H3,(H,34,35,36)/b33-22-. The van der Waals surface area contributed by atoms with Crippen LogP contribution in [0.3, 0.4) is 0 Å². The molecule has 2 aliphatic heterocycles. The molecule has 2 fully saturated rings. The summed E-state index contributed by atoms with van der Waals surface area (Å²) >= 11 is 0. The van der Waals surface area contributed by atoms with Gasteiger partial charge in [-0.3, -0.25) is 5.43 Å². The normalized spacial score (nSPS) is 15.6. The number of nitrogens with zero attached hydrogens (tertiary/aromatic N) is 6. The Hall–Kier alpha value is -4.32.